The van der Waals surface area contributed by atoms with Gasteiger partial charge in [0.2, 0.25) is 11.6 Å². The SMILES string of the molecule is OC1(OC2(O)[CH]C=C(Cl)C(Cl)=C2Cl)[CH]C=C(Cl)C(Cl)=C1Cl. The van der Waals surface area contributed by atoms with Gasteiger partial charge in [0.15, 0.2) is 0 Å². The van der Waals surface area contributed by atoms with Crippen molar-refractivity contribution in [2.75, 3.05) is 0 Å². The molecule has 0 aromatic rings. The number of halogens is 6. The van der Waals surface area contributed by atoms with E-state index in [1.165, 1.54) is 12.2 Å². The van der Waals surface area contributed by atoms with E-state index in [0.717, 1.165) is 12.8 Å². The van der Waals surface area contributed by atoms with Gasteiger partial charge in [0, 0.05) is 0 Å². The lowest BCUT2D eigenvalue weighted by molar-refractivity contribution is -0.265. The van der Waals surface area contributed by atoms with Gasteiger partial charge in [-0.2, -0.15) is 0 Å². The number of hydrogen-bond acceptors (Lipinski definition) is 3. The maximum Gasteiger partial charge on any atom is 0.215 e. The second-order valence-corrected chi connectivity index (χ2v) is 6.44. The molecule has 0 aromatic heterocycles. The third-order valence-corrected chi connectivity index (χ3v) is 5.38. The number of rotatable bonds is 2. The maximum atomic E-state index is 10.4. The number of hydrogen-bond donors (Lipinski definition) is 2. The minimum atomic E-state index is -2.24. The summed E-state index contributed by atoms with van der Waals surface area (Å²) in [6.45, 7) is 0. The lowest BCUT2D eigenvalue weighted by atomic mass is 10.0. The molecular formula is C12H6Cl6O3. The number of aliphatic hydroxyl groups is 2. The number of allylic oxidation sites excluding steroid dienone is 4. The Morgan fingerprint density at radius 1 is 0.714 bits per heavy atom. The van der Waals surface area contributed by atoms with Crippen molar-refractivity contribution in [1.29, 1.82) is 0 Å². The van der Waals surface area contributed by atoms with Gasteiger partial charge in [0.1, 0.15) is 0 Å². The second-order valence-electron chi connectivity index (χ2n) is 4.11. The van der Waals surface area contributed by atoms with E-state index in [2.05, 4.69) is 0 Å². The van der Waals surface area contributed by atoms with Crippen molar-refractivity contribution in [2.45, 2.75) is 11.6 Å². The van der Waals surface area contributed by atoms with E-state index >= 15 is 0 Å². The Morgan fingerprint density at radius 3 is 1.38 bits per heavy atom. The molecule has 2 aliphatic carbocycles. The first-order valence-corrected chi connectivity index (χ1v) is 7.58. The van der Waals surface area contributed by atoms with Crippen LogP contribution in [-0.4, -0.2) is 21.8 Å². The van der Waals surface area contributed by atoms with Crippen LogP contribution in [0.5, 0.6) is 0 Å². The van der Waals surface area contributed by atoms with Gasteiger partial charge in [-0.3, -0.25) is 0 Å². The zero-order valence-electron chi connectivity index (χ0n) is 9.88. The molecule has 0 amide bonds. The van der Waals surface area contributed by atoms with Crippen molar-refractivity contribution in [3.8, 4) is 0 Å². The van der Waals surface area contributed by atoms with Crippen molar-refractivity contribution in [3.63, 3.8) is 0 Å². The molecule has 0 fully saturated rings. The van der Waals surface area contributed by atoms with Gasteiger partial charge < -0.3 is 14.9 Å². The van der Waals surface area contributed by atoms with E-state index < -0.39 is 11.6 Å². The molecule has 0 aromatic carbocycles. The highest BCUT2D eigenvalue weighted by molar-refractivity contribution is 6.49. The highest BCUT2D eigenvalue weighted by atomic mass is 35.5. The third kappa shape index (κ3) is 3.27. The normalized spacial score (nSPS) is 34.1. The number of ether oxygens (including phenoxy) is 1. The van der Waals surface area contributed by atoms with E-state index in [4.69, 9.17) is 74.3 Å². The average molecular weight is 411 g/mol. The van der Waals surface area contributed by atoms with E-state index in [-0.39, 0.29) is 30.2 Å². The molecule has 2 N–H and O–H groups in total. The Kier molecular flexibility index (Phi) is 5.32. The fourth-order valence-corrected chi connectivity index (χ4v) is 2.80. The van der Waals surface area contributed by atoms with Gasteiger partial charge in [0.05, 0.1) is 43.0 Å². The summed E-state index contributed by atoms with van der Waals surface area (Å²) in [5.41, 5.74) is 0. The standard InChI is InChI=1S/C12H6Cl6O3/c13-5-1-3-11(19,9(17)7(5)15)21-12(20)4-2-6(14)8(16)10(12)18/h1-4,19-20H. The molecule has 2 rings (SSSR count). The van der Waals surface area contributed by atoms with E-state index in [1.54, 1.807) is 0 Å². The molecule has 0 spiro atoms. The molecule has 3 nitrogen and oxygen atoms in total. The monoisotopic (exact) mass is 408 g/mol. The molecule has 0 bridgehead atoms. The molecule has 2 atom stereocenters. The Balaban J connectivity index is 2.35. The van der Waals surface area contributed by atoms with Crippen molar-refractivity contribution in [1.82, 2.24) is 0 Å². The first-order valence-electron chi connectivity index (χ1n) is 5.31. The molecule has 2 unspecified atom stereocenters. The minimum Gasteiger partial charge on any atom is -0.361 e. The van der Waals surface area contributed by atoms with Crippen molar-refractivity contribution in [2.24, 2.45) is 0 Å². The summed E-state index contributed by atoms with van der Waals surface area (Å²) in [6.07, 6.45) is 4.74. The molecular weight excluding hydrogens is 405 g/mol. The molecule has 21 heavy (non-hydrogen) atoms. The smallest absolute Gasteiger partial charge is 0.215 e. The zero-order valence-corrected chi connectivity index (χ0v) is 14.4. The Morgan fingerprint density at radius 2 is 1.05 bits per heavy atom. The van der Waals surface area contributed by atoms with E-state index in [0.29, 0.717) is 0 Å². The van der Waals surface area contributed by atoms with Crippen molar-refractivity contribution >= 4 is 69.6 Å². The van der Waals surface area contributed by atoms with Crippen LogP contribution in [0.1, 0.15) is 0 Å². The first-order chi connectivity index (χ1) is 9.61. The zero-order chi connectivity index (χ0) is 16.0. The van der Waals surface area contributed by atoms with Crippen LogP contribution >= 0.6 is 69.6 Å². The molecule has 2 aliphatic rings. The topological polar surface area (TPSA) is 49.7 Å². The van der Waals surface area contributed by atoms with Gasteiger partial charge in [-0.05, 0) is 0 Å². The molecule has 0 heterocycles. The lowest BCUT2D eigenvalue weighted by Crippen LogP contribution is -2.47. The van der Waals surface area contributed by atoms with Crippen molar-refractivity contribution in [3.05, 3.63) is 55.2 Å². The van der Waals surface area contributed by atoms with Crippen LogP contribution in [0.25, 0.3) is 0 Å². The van der Waals surface area contributed by atoms with Crippen LogP contribution in [0.15, 0.2) is 42.3 Å². The molecule has 0 aliphatic heterocycles. The molecule has 2 radical (unpaired) electrons. The van der Waals surface area contributed by atoms with E-state index in [1.807, 2.05) is 0 Å². The van der Waals surface area contributed by atoms with Gasteiger partial charge in [0.25, 0.3) is 0 Å². The molecule has 0 saturated carbocycles. The van der Waals surface area contributed by atoms with Crippen LogP contribution in [0.4, 0.5) is 0 Å². The van der Waals surface area contributed by atoms with Crippen LogP contribution in [-0.2, 0) is 4.74 Å². The predicted molar refractivity (Wildman–Crippen MR) is 84.9 cm³/mol. The lowest BCUT2D eigenvalue weighted by Gasteiger charge is -2.39. The summed E-state index contributed by atoms with van der Waals surface area (Å²) in [5.74, 6) is -4.48. The van der Waals surface area contributed by atoms with E-state index in [9.17, 15) is 10.2 Å². The predicted octanol–water partition coefficient (Wildman–Crippen LogP) is 4.44. The van der Waals surface area contributed by atoms with Gasteiger partial charge in [-0.1, -0.05) is 81.8 Å². The molecule has 114 valence electrons. The highest BCUT2D eigenvalue weighted by Gasteiger charge is 2.48. The maximum absolute atomic E-state index is 10.4. The Labute approximate surface area is 151 Å². The molecule has 0 saturated heterocycles. The fraction of sp³-hybridized carbons (Fsp3) is 0.167. The first kappa shape index (κ1) is 17.9. The highest BCUT2D eigenvalue weighted by Crippen LogP contribution is 2.46. The molecule has 9 heteroatoms. The van der Waals surface area contributed by atoms with Crippen LogP contribution < -0.4 is 0 Å². The van der Waals surface area contributed by atoms with Crippen LogP contribution in [0, 0.1) is 12.8 Å². The minimum absolute atomic E-state index is 0.108. The van der Waals surface area contributed by atoms with Crippen LogP contribution in [0.3, 0.4) is 0 Å². The fourth-order valence-electron chi connectivity index (χ4n) is 1.58. The second kappa shape index (κ2) is 6.23. The van der Waals surface area contributed by atoms with Gasteiger partial charge in [-0.25, -0.2) is 0 Å². The largest absolute Gasteiger partial charge is 0.361 e. The van der Waals surface area contributed by atoms with Gasteiger partial charge in [-0.15, -0.1) is 0 Å². The average Bonchev–Trinajstić information content (AvgIpc) is 2.44. The summed E-state index contributed by atoms with van der Waals surface area (Å²) in [4.78, 5) is 0. The summed E-state index contributed by atoms with van der Waals surface area (Å²) in [5, 5.41) is 20.1. The summed E-state index contributed by atoms with van der Waals surface area (Å²) < 4.78 is 5.21. The Bertz CT molecular complexity index is 556. The summed E-state index contributed by atoms with van der Waals surface area (Å²) in [6, 6.07) is 0. The summed E-state index contributed by atoms with van der Waals surface area (Å²) >= 11 is 35.1. The Hall–Kier alpha value is 0.580. The van der Waals surface area contributed by atoms with Crippen LogP contribution in [0.2, 0.25) is 0 Å². The van der Waals surface area contributed by atoms with Gasteiger partial charge >= 0.3 is 0 Å². The quantitative estimate of drug-likeness (QED) is 0.662. The third-order valence-electron chi connectivity index (χ3n) is 2.66. The summed E-state index contributed by atoms with van der Waals surface area (Å²) in [7, 11) is 0. The van der Waals surface area contributed by atoms with Crippen molar-refractivity contribution < 1.29 is 14.9 Å².